The normalized spacial score (nSPS) is 17.3. The smallest absolute Gasteiger partial charge is 0.238 e. The van der Waals surface area contributed by atoms with Crippen LogP contribution in [0.2, 0.25) is 10.0 Å². The highest BCUT2D eigenvalue weighted by Crippen LogP contribution is 2.29. The first kappa shape index (κ1) is 17.0. The summed E-state index contributed by atoms with van der Waals surface area (Å²) >= 11 is 11.8. The molecule has 24 heavy (non-hydrogen) atoms. The van der Waals surface area contributed by atoms with Gasteiger partial charge < -0.3 is 15.4 Å². The number of aromatic nitrogens is 1. The summed E-state index contributed by atoms with van der Waals surface area (Å²) in [5.41, 5.74) is 0.730. The average Bonchev–Trinajstić information content (AvgIpc) is 2.60. The summed E-state index contributed by atoms with van der Waals surface area (Å²) in [6.45, 7) is 1.71. The van der Waals surface area contributed by atoms with Gasteiger partial charge in [0.15, 0.2) is 0 Å². The lowest BCUT2D eigenvalue weighted by molar-refractivity contribution is -0.120. The molecule has 1 aliphatic rings. The summed E-state index contributed by atoms with van der Waals surface area (Å²) in [4.78, 5) is 16.2. The number of ether oxygens (including phenoxy) is 1. The zero-order valence-corrected chi connectivity index (χ0v) is 14.4. The van der Waals surface area contributed by atoms with Gasteiger partial charge in [0.2, 0.25) is 11.8 Å². The van der Waals surface area contributed by atoms with Crippen molar-refractivity contribution in [3.63, 3.8) is 0 Å². The number of nitrogens with zero attached hydrogens (tertiary/aromatic N) is 1. The van der Waals surface area contributed by atoms with Crippen LogP contribution in [0.1, 0.15) is 12.8 Å². The lowest BCUT2D eigenvalue weighted by Crippen LogP contribution is -2.37. The summed E-state index contributed by atoms with van der Waals surface area (Å²) in [6, 6.07) is 8.64. The summed E-state index contributed by atoms with van der Waals surface area (Å²) in [7, 11) is 0. The van der Waals surface area contributed by atoms with Crippen molar-refractivity contribution in [3.8, 4) is 11.6 Å². The van der Waals surface area contributed by atoms with E-state index in [9.17, 15) is 4.79 Å². The number of rotatable bonds is 4. The minimum absolute atomic E-state index is 0.0201. The van der Waals surface area contributed by atoms with Gasteiger partial charge in [0.05, 0.1) is 10.9 Å². The number of amides is 1. The number of piperidine rings is 1. The Labute approximate surface area is 150 Å². The maximum absolute atomic E-state index is 12.2. The highest BCUT2D eigenvalue weighted by molar-refractivity contribution is 6.35. The Hall–Kier alpha value is -1.82. The molecule has 0 bridgehead atoms. The Morgan fingerprint density at radius 3 is 2.75 bits per heavy atom. The van der Waals surface area contributed by atoms with E-state index in [1.54, 1.807) is 30.3 Å². The molecule has 0 aliphatic carbocycles. The first-order valence-corrected chi connectivity index (χ1v) is 8.48. The molecule has 1 saturated heterocycles. The molecule has 1 fully saturated rings. The van der Waals surface area contributed by atoms with Crippen LogP contribution in [0.4, 0.5) is 5.69 Å². The molecule has 1 unspecified atom stereocenters. The maximum Gasteiger partial charge on any atom is 0.238 e. The minimum Gasteiger partial charge on any atom is -0.438 e. The molecule has 2 heterocycles. The van der Waals surface area contributed by atoms with E-state index in [0.29, 0.717) is 15.8 Å². The molecular weight excluding hydrogens is 349 g/mol. The van der Waals surface area contributed by atoms with Crippen molar-refractivity contribution < 1.29 is 9.53 Å². The Morgan fingerprint density at radius 2 is 2.08 bits per heavy atom. The lowest BCUT2D eigenvalue weighted by Gasteiger charge is -2.21. The fraction of sp³-hybridized carbons (Fsp3) is 0.294. The first-order chi connectivity index (χ1) is 11.6. The van der Waals surface area contributed by atoms with E-state index >= 15 is 0 Å². The van der Waals surface area contributed by atoms with Crippen molar-refractivity contribution in [2.24, 2.45) is 5.92 Å². The molecule has 1 aromatic heterocycles. The lowest BCUT2D eigenvalue weighted by atomic mass is 9.99. The van der Waals surface area contributed by atoms with Gasteiger partial charge in [-0.1, -0.05) is 23.2 Å². The predicted molar refractivity (Wildman–Crippen MR) is 95.0 cm³/mol. The maximum atomic E-state index is 12.2. The highest BCUT2D eigenvalue weighted by atomic mass is 35.5. The molecular formula is C17H17Cl2N3O2. The average molecular weight is 366 g/mol. The number of hydrogen-bond donors (Lipinski definition) is 2. The Morgan fingerprint density at radius 1 is 1.29 bits per heavy atom. The van der Waals surface area contributed by atoms with Crippen LogP contribution in [0.5, 0.6) is 11.6 Å². The molecule has 5 nitrogen and oxygen atoms in total. The molecule has 126 valence electrons. The van der Waals surface area contributed by atoms with Gasteiger partial charge >= 0.3 is 0 Å². The summed E-state index contributed by atoms with van der Waals surface area (Å²) < 4.78 is 5.62. The van der Waals surface area contributed by atoms with Crippen molar-refractivity contribution in [2.45, 2.75) is 12.8 Å². The predicted octanol–water partition coefficient (Wildman–Crippen LogP) is 4.12. The molecule has 1 aromatic carbocycles. The van der Waals surface area contributed by atoms with Crippen LogP contribution in [0.15, 0.2) is 36.5 Å². The SMILES string of the molecule is O=C(Nc1ccc(Oc2ncc(Cl)cc2Cl)cc1)C1CCCNC1. The molecule has 0 spiro atoms. The Balaban J connectivity index is 1.61. The second-order valence-corrected chi connectivity index (χ2v) is 6.44. The first-order valence-electron chi connectivity index (χ1n) is 7.72. The number of hydrogen-bond acceptors (Lipinski definition) is 4. The van der Waals surface area contributed by atoms with Crippen LogP contribution in [0.25, 0.3) is 0 Å². The zero-order chi connectivity index (χ0) is 16.9. The third-order valence-corrected chi connectivity index (χ3v) is 4.26. The Bertz CT molecular complexity index is 716. The summed E-state index contributed by atoms with van der Waals surface area (Å²) in [5.74, 6) is 0.917. The molecule has 1 aliphatic heterocycles. The van der Waals surface area contributed by atoms with Crippen LogP contribution < -0.4 is 15.4 Å². The number of anilines is 1. The quantitative estimate of drug-likeness (QED) is 0.855. The van der Waals surface area contributed by atoms with Crippen molar-refractivity contribution in [2.75, 3.05) is 18.4 Å². The molecule has 2 N–H and O–H groups in total. The van der Waals surface area contributed by atoms with Crippen LogP contribution in [-0.4, -0.2) is 24.0 Å². The molecule has 0 saturated carbocycles. The van der Waals surface area contributed by atoms with Crippen molar-refractivity contribution >= 4 is 34.8 Å². The van der Waals surface area contributed by atoms with E-state index in [4.69, 9.17) is 27.9 Å². The molecule has 2 aromatic rings. The number of nitrogens with one attached hydrogen (secondary N) is 2. The molecule has 3 rings (SSSR count). The minimum atomic E-state index is 0.0201. The molecule has 7 heteroatoms. The van der Waals surface area contributed by atoms with Crippen LogP contribution in [-0.2, 0) is 4.79 Å². The van der Waals surface area contributed by atoms with Gasteiger partial charge in [0.1, 0.15) is 10.8 Å². The van der Waals surface area contributed by atoms with E-state index in [-0.39, 0.29) is 17.7 Å². The second-order valence-electron chi connectivity index (χ2n) is 5.60. The Kier molecular flexibility index (Phi) is 5.56. The van der Waals surface area contributed by atoms with E-state index in [1.807, 2.05) is 0 Å². The molecule has 1 amide bonds. The number of carbonyl (C=O) groups excluding carboxylic acids is 1. The van der Waals surface area contributed by atoms with Gasteiger partial charge in [0, 0.05) is 18.4 Å². The van der Waals surface area contributed by atoms with Gasteiger partial charge in [-0.25, -0.2) is 4.98 Å². The standard InChI is InChI=1S/C17H17Cl2N3O2/c18-12-8-15(19)17(21-10-12)24-14-5-3-13(4-6-14)22-16(23)11-2-1-7-20-9-11/h3-6,8,10-11,20H,1-2,7,9H2,(H,22,23). The van der Waals surface area contributed by atoms with Gasteiger partial charge in [0.25, 0.3) is 0 Å². The van der Waals surface area contributed by atoms with E-state index in [1.165, 1.54) is 6.20 Å². The largest absolute Gasteiger partial charge is 0.438 e. The van der Waals surface area contributed by atoms with Crippen LogP contribution >= 0.6 is 23.2 Å². The summed E-state index contributed by atoms with van der Waals surface area (Å²) in [5, 5.41) is 6.95. The third kappa shape index (κ3) is 4.38. The van der Waals surface area contributed by atoms with Gasteiger partial charge in [-0.2, -0.15) is 0 Å². The topological polar surface area (TPSA) is 63.2 Å². The molecule has 0 radical (unpaired) electrons. The van der Waals surface area contributed by atoms with Crippen LogP contribution in [0, 0.1) is 5.92 Å². The van der Waals surface area contributed by atoms with E-state index < -0.39 is 0 Å². The van der Waals surface area contributed by atoms with E-state index in [2.05, 4.69) is 15.6 Å². The van der Waals surface area contributed by atoms with Gasteiger partial charge in [-0.05, 0) is 49.7 Å². The van der Waals surface area contributed by atoms with E-state index in [0.717, 1.165) is 31.6 Å². The number of pyridine rings is 1. The summed E-state index contributed by atoms with van der Waals surface area (Å²) in [6.07, 6.45) is 3.41. The van der Waals surface area contributed by atoms with Gasteiger partial charge in [-0.15, -0.1) is 0 Å². The highest BCUT2D eigenvalue weighted by Gasteiger charge is 2.20. The van der Waals surface area contributed by atoms with Crippen molar-refractivity contribution in [3.05, 3.63) is 46.6 Å². The van der Waals surface area contributed by atoms with Gasteiger partial charge in [-0.3, -0.25) is 4.79 Å². The molecule has 1 atom stereocenters. The van der Waals surface area contributed by atoms with Crippen molar-refractivity contribution in [1.29, 1.82) is 0 Å². The number of carbonyl (C=O) groups is 1. The fourth-order valence-corrected chi connectivity index (χ4v) is 2.93. The van der Waals surface area contributed by atoms with Crippen LogP contribution in [0.3, 0.4) is 0 Å². The monoisotopic (exact) mass is 365 g/mol. The second kappa shape index (κ2) is 7.83. The number of halogens is 2. The van der Waals surface area contributed by atoms with Crippen molar-refractivity contribution in [1.82, 2.24) is 10.3 Å². The number of benzene rings is 1. The third-order valence-electron chi connectivity index (χ3n) is 3.78. The zero-order valence-electron chi connectivity index (χ0n) is 12.9. The fourth-order valence-electron chi connectivity index (χ4n) is 2.51.